The first-order chi connectivity index (χ1) is 6.54. The molecule has 0 radical (unpaired) electrons. The van der Waals surface area contributed by atoms with Crippen molar-refractivity contribution in [1.29, 1.82) is 0 Å². The Morgan fingerprint density at radius 1 is 1.50 bits per heavy atom. The maximum absolute atomic E-state index is 12.1. The zero-order chi connectivity index (χ0) is 10.6. The largest absolute Gasteiger partial charge is 0.433 e. The third kappa shape index (κ3) is 2.76. The zero-order valence-corrected chi connectivity index (χ0v) is 7.30. The van der Waals surface area contributed by atoms with Crippen molar-refractivity contribution in [2.45, 2.75) is 12.7 Å². The fourth-order valence-electron chi connectivity index (χ4n) is 0.887. The van der Waals surface area contributed by atoms with Crippen molar-refractivity contribution in [2.75, 3.05) is 0 Å². The molecule has 2 nitrogen and oxygen atoms in total. The van der Waals surface area contributed by atoms with E-state index in [2.05, 4.69) is 16.9 Å². The van der Waals surface area contributed by atoms with E-state index in [1.165, 1.54) is 18.5 Å². The van der Waals surface area contributed by atoms with E-state index in [1.54, 1.807) is 0 Å². The minimum absolute atomic E-state index is 0. The lowest BCUT2D eigenvalue weighted by Crippen LogP contribution is -2.09. The molecular formula is C9H11F3N2. The molecule has 0 aliphatic rings. The van der Waals surface area contributed by atoms with Gasteiger partial charge >= 0.3 is 6.18 Å². The number of nitrogens with zero attached hydrogens (tertiary/aromatic N) is 1. The van der Waals surface area contributed by atoms with Gasteiger partial charge in [-0.15, -0.1) is 0 Å². The van der Waals surface area contributed by atoms with E-state index in [0.717, 1.165) is 6.07 Å². The number of halogens is 3. The van der Waals surface area contributed by atoms with Crippen LogP contribution in [0.3, 0.4) is 0 Å². The smallest absolute Gasteiger partial charge is 0.387 e. The Hall–Kier alpha value is -1.52. The van der Waals surface area contributed by atoms with Crippen LogP contribution in [0.15, 0.2) is 31.1 Å². The number of aromatic nitrogens is 1. The third-order valence-electron chi connectivity index (χ3n) is 1.57. The first kappa shape index (κ1) is 10.6. The molecule has 0 fully saturated rings. The number of rotatable bonds is 3. The first-order valence-electron chi connectivity index (χ1n) is 3.90. The van der Waals surface area contributed by atoms with Gasteiger partial charge in [0.2, 0.25) is 0 Å². The van der Waals surface area contributed by atoms with Crippen molar-refractivity contribution in [3.05, 3.63) is 42.4 Å². The maximum Gasteiger partial charge on any atom is 0.433 e. The predicted octanol–water partition coefficient (Wildman–Crippen LogP) is 2.58. The molecule has 0 aromatic carbocycles. The standard InChI is InChI=1S/C9H9F3N2.H2/c1-2-13-5-7-3-4-8(14-6-7)9(10,11)12;/h2-4,6,13H,1,5H2;1H. The summed E-state index contributed by atoms with van der Waals surface area (Å²) in [4.78, 5) is 3.30. The van der Waals surface area contributed by atoms with Gasteiger partial charge in [-0.2, -0.15) is 13.2 Å². The highest BCUT2D eigenvalue weighted by molar-refractivity contribution is 5.15. The van der Waals surface area contributed by atoms with Crippen LogP contribution in [0.25, 0.3) is 0 Å². The highest BCUT2D eigenvalue weighted by Crippen LogP contribution is 2.27. The summed E-state index contributed by atoms with van der Waals surface area (Å²) in [5.41, 5.74) is -0.197. The second kappa shape index (κ2) is 4.13. The highest BCUT2D eigenvalue weighted by Gasteiger charge is 2.31. The fraction of sp³-hybridized carbons (Fsp3) is 0.222. The van der Waals surface area contributed by atoms with Gasteiger partial charge in [0.1, 0.15) is 5.69 Å². The van der Waals surface area contributed by atoms with E-state index in [0.29, 0.717) is 12.1 Å². The molecule has 5 heteroatoms. The van der Waals surface area contributed by atoms with Crippen LogP contribution >= 0.6 is 0 Å². The van der Waals surface area contributed by atoms with E-state index in [4.69, 9.17) is 0 Å². The Labute approximate surface area is 81.0 Å². The molecule has 0 amide bonds. The zero-order valence-electron chi connectivity index (χ0n) is 7.30. The summed E-state index contributed by atoms with van der Waals surface area (Å²) in [6.45, 7) is 3.85. The summed E-state index contributed by atoms with van der Waals surface area (Å²) in [6.07, 6.45) is -1.71. The lowest BCUT2D eigenvalue weighted by molar-refractivity contribution is -0.141. The van der Waals surface area contributed by atoms with Gasteiger partial charge in [0.15, 0.2) is 0 Å². The Morgan fingerprint density at radius 2 is 2.21 bits per heavy atom. The molecule has 78 valence electrons. The number of hydrogen-bond acceptors (Lipinski definition) is 2. The Morgan fingerprint density at radius 3 is 2.64 bits per heavy atom. The van der Waals surface area contributed by atoms with Gasteiger partial charge in [-0.1, -0.05) is 12.6 Å². The number of pyridine rings is 1. The van der Waals surface area contributed by atoms with Crippen molar-refractivity contribution in [1.82, 2.24) is 10.3 Å². The third-order valence-corrected chi connectivity index (χ3v) is 1.57. The summed E-state index contributed by atoms with van der Waals surface area (Å²) in [7, 11) is 0. The molecule has 0 saturated carbocycles. The topological polar surface area (TPSA) is 24.9 Å². The van der Waals surface area contributed by atoms with Crippen LogP contribution in [0.4, 0.5) is 13.2 Å². The van der Waals surface area contributed by atoms with Crippen molar-refractivity contribution < 1.29 is 14.6 Å². The summed E-state index contributed by atoms with van der Waals surface area (Å²) < 4.78 is 36.2. The van der Waals surface area contributed by atoms with Gasteiger partial charge in [0, 0.05) is 14.2 Å². The Kier molecular flexibility index (Phi) is 3.11. The Balaban J connectivity index is 0.00000196. The summed E-state index contributed by atoms with van der Waals surface area (Å²) in [5.74, 6) is 0. The SMILES string of the molecule is C=CNCc1ccc(C(F)(F)F)nc1.[HH]. The van der Waals surface area contributed by atoms with E-state index >= 15 is 0 Å². The molecule has 0 atom stereocenters. The minimum atomic E-state index is -4.37. The molecular weight excluding hydrogens is 193 g/mol. The van der Waals surface area contributed by atoms with Crippen molar-refractivity contribution in [2.24, 2.45) is 0 Å². The van der Waals surface area contributed by atoms with E-state index in [9.17, 15) is 13.2 Å². The summed E-state index contributed by atoms with van der Waals surface area (Å²) >= 11 is 0. The summed E-state index contributed by atoms with van der Waals surface area (Å²) in [6, 6.07) is 2.34. The van der Waals surface area contributed by atoms with Gasteiger partial charge in [-0.25, -0.2) is 0 Å². The molecule has 1 aromatic rings. The van der Waals surface area contributed by atoms with E-state index < -0.39 is 11.9 Å². The van der Waals surface area contributed by atoms with Crippen molar-refractivity contribution in [3.63, 3.8) is 0 Å². The lowest BCUT2D eigenvalue weighted by Gasteiger charge is -2.06. The molecule has 1 heterocycles. The predicted molar refractivity (Wildman–Crippen MR) is 48.4 cm³/mol. The molecule has 0 saturated heterocycles. The van der Waals surface area contributed by atoms with E-state index in [1.807, 2.05) is 0 Å². The average molecular weight is 204 g/mol. The second-order valence-corrected chi connectivity index (χ2v) is 2.63. The van der Waals surface area contributed by atoms with Gasteiger partial charge in [-0.05, 0) is 17.8 Å². The second-order valence-electron chi connectivity index (χ2n) is 2.63. The molecule has 1 rings (SSSR count). The van der Waals surface area contributed by atoms with Gasteiger partial charge in [0.05, 0.1) is 0 Å². The molecule has 0 aliphatic carbocycles. The van der Waals surface area contributed by atoms with Crippen LogP contribution < -0.4 is 5.32 Å². The van der Waals surface area contributed by atoms with Crippen LogP contribution in [-0.4, -0.2) is 4.98 Å². The van der Waals surface area contributed by atoms with Crippen molar-refractivity contribution >= 4 is 0 Å². The minimum Gasteiger partial charge on any atom is -0.387 e. The van der Waals surface area contributed by atoms with Crippen LogP contribution in [0.5, 0.6) is 0 Å². The number of hydrogen-bond donors (Lipinski definition) is 1. The molecule has 0 bridgehead atoms. The fourth-order valence-corrected chi connectivity index (χ4v) is 0.887. The quantitative estimate of drug-likeness (QED) is 0.818. The van der Waals surface area contributed by atoms with E-state index in [-0.39, 0.29) is 1.43 Å². The number of nitrogens with one attached hydrogen (secondary N) is 1. The first-order valence-corrected chi connectivity index (χ1v) is 3.90. The summed E-state index contributed by atoms with van der Waals surface area (Å²) in [5, 5.41) is 2.77. The normalized spacial score (nSPS) is 11.1. The van der Waals surface area contributed by atoms with Gasteiger partial charge < -0.3 is 5.32 Å². The molecule has 0 spiro atoms. The average Bonchev–Trinajstić information content (AvgIpc) is 2.14. The Bertz CT molecular complexity index is 308. The highest BCUT2D eigenvalue weighted by atomic mass is 19.4. The van der Waals surface area contributed by atoms with Crippen LogP contribution in [0, 0.1) is 0 Å². The van der Waals surface area contributed by atoms with Crippen molar-refractivity contribution in [3.8, 4) is 0 Å². The monoisotopic (exact) mass is 204 g/mol. The van der Waals surface area contributed by atoms with Gasteiger partial charge in [-0.3, -0.25) is 4.98 Å². The van der Waals surface area contributed by atoms with Crippen LogP contribution in [0.1, 0.15) is 12.7 Å². The lowest BCUT2D eigenvalue weighted by atomic mass is 10.2. The van der Waals surface area contributed by atoms with Crippen LogP contribution in [0.2, 0.25) is 0 Å². The van der Waals surface area contributed by atoms with Gasteiger partial charge in [0.25, 0.3) is 0 Å². The molecule has 1 N–H and O–H groups in total. The van der Waals surface area contributed by atoms with Crippen LogP contribution in [-0.2, 0) is 12.7 Å². The molecule has 0 aliphatic heterocycles. The maximum atomic E-state index is 12.1. The molecule has 1 aromatic heterocycles. The molecule has 0 unspecified atom stereocenters. The molecule has 14 heavy (non-hydrogen) atoms. The number of alkyl halides is 3.